The Bertz CT molecular complexity index is 795. The van der Waals surface area contributed by atoms with Crippen LogP contribution in [0, 0.1) is 11.7 Å². The summed E-state index contributed by atoms with van der Waals surface area (Å²) in [5.74, 6) is -0.785. The Morgan fingerprint density at radius 3 is 2.65 bits per heavy atom. The summed E-state index contributed by atoms with van der Waals surface area (Å²) < 4.78 is 12.9. The molecular weight excluding hydrogens is 355 g/mol. The SMILES string of the molecule is O=C(NCc1ccccc1Cl)[C@@H]1CC(=O)N(CCc2ccc(F)cc2)C1. The number of nitrogens with zero attached hydrogens (tertiary/aromatic N) is 1. The Kier molecular flexibility index (Phi) is 5.89. The fourth-order valence-electron chi connectivity index (χ4n) is 3.05. The molecule has 26 heavy (non-hydrogen) atoms. The zero-order valence-electron chi connectivity index (χ0n) is 14.3. The van der Waals surface area contributed by atoms with Gasteiger partial charge in [-0.05, 0) is 35.7 Å². The second-order valence-corrected chi connectivity index (χ2v) is 6.83. The van der Waals surface area contributed by atoms with Crippen LogP contribution < -0.4 is 5.32 Å². The van der Waals surface area contributed by atoms with Gasteiger partial charge in [0.2, 0.25) is 11.8 Å². The van der Waals surface area contributed by atoms with E-state index in [2.05, 4.69) is 5.32 Å². The minimum absolute atomic E-state index is 0.0231. The molecule has 0 unspecified atom stereocenters. The standard InChI is InChI=1S/C20H20ClFN2O2/c21-18-4-2-1-3-15(18)12-23-20(26)16-11-19(25)24(13-16)10-9-14-5-7-17(22)8-6-14/h1-8,16H,9-13H2,(H,23,26)/t16-/m1/s1. The minimum atomic E-state index is -0.349. The lowest BCUT2D eigenvalue weighted by atomic mass is 10.1. The van der Waals surface area contributed by atoms with Gasteiger partial charge in [0.15, 0.2) is 0 Å². The van der Waals surface area contributed by atoms with E-state index in [1.165, 1.54) is 12.1 Å². The number of carbonyl (C=O) groups excluding carboxylic acids is 2. The van der Waals surface area contributed by atoms with Gasteiger partial charge in [-0.25, -0.2) is 4.39 Å². The summed E-state index contributed by atoms with van der Waals surface area (Å²) in [6.07, 6.45) is 0.859. The van der Waals surface area contributed by atoms with E-state index in [1.54, 1.807) is 23.1 Å². The lowest BCUT2D eigenvalue weighted by Crippen LogP contribution is -2.33. The quantitative estimate of drug-likeness (QED) is 0.844. The number of halogens is 2. The van der Waals surface area contributed by atoms with E-state index >= 15 is 0 Å². The average Bonchev–Trinajstić information content (AvgIpc) is 3.01. The third kappa shape index (κ3) is 4.61. The first-order chi connectivity index (χ1) is 12.5. The third-order valence-corrected chi connectivity index (χ3v) is 4.95. The average molecular weight is 375 g/mol. The maximum Gasteiger partial charge on any atom is 0.225 e. The maximum atomic E-state index is 12.9. The predicted octanol–water partition coefficient (Wildman–Crippen LogP) is 3.19. The van der Waals surface area contributed by atoms with Crippen LogP contribution in [0.25, 0.3) is 0 Å². The van der Waals surface area contributed by atoms with Crippen molar-refractivity contribution >= 4 is 23.4 Å². The molecular formula is C20H20ClFN2O2. The molecule has 0 bridgehead atoms. The van der Waals surface area contributed by atoms with Gasteiger partial charge in [-0.3, -0.25) is 9.59 Å². The largest absolute Gasteiger partial charge is 0.352 e. The molecule has 1 N–H and O–H groups in total. The Morgan fingerprint density at radius 2 is 1.92 bits per heavy atom. The molecule has 1 saturated heterocycles. The number of amides is 2. The van der Waals surface area contributed by atoms with Gasteiger partial charge in [-0.1, -0.05) is 41.9 Å². The van der Waals surface area contributed by atoms with Gasteiger partial charge in [-0.15, -0.1) is 0 Å². The Hall–Kier alpha value is -2.40. The fraction of sp³-hybridized carbons (Fsp3) is 0.300. The summed E-state index contributed by atoms with van der Waals surface area (Å²) in [4.78, 5) is 26.2. The summed E-state index contributed by atoms with van der Waals surface area (Å²) in [5.41, 5.74) is 1.81. The molecule has 1 heterocycles. The predicted molar refractivity (Wildman–Crippen MR) is 98.1 cm³/mol. The molecule has 1 fully saturated rings. The van der Waals surface area contributed by atoms with Gasteiger partial charge >= 0.3 is 0 Å². The van der Waals surface area contributed by atoms with Gasteiger partial charge < -0.3 is 10.2 Å². The van der Waals surface area contributed by atoms with E-state index in [0.717, 1.165) is 11.1 Å². The van der Waals surface area contributed by atoms with Crippen LogP contribution in [0.1, 0.15) is 17.5 Å². The van der Waals surface area contributed by atoms with Gasteiger partial charge in [0.25, 0.3) is 0 Å². The second-order valence-electron chi connectivity index (χ2n) is 6.43. The maximum absolute atomic E-state index is 12.9. The molecule has 136 valence electrons. The van der Waals surface area contributed by atoms with Crippen molar-refractivity contribution in [3.63, 3.8) is 0 Å². The van der Waals surface area contributed by atoms with E-state index in [-0.39, 0.29) is 30.0 Å². The Balaban J connectivity index is 1.49. The van der Waals surface area contributed by atoms with E-state index in [4.69, 9.17) is 11.6 Å². The molecule has 4 nitrogen and oxygen atoms in total. The number of benzene rings is 2. The zero-order chi connectivity index (χ0) is 18.5. The smallest absolute Gasteiger partial charge is 0.225 e. The molecule has 1 aliphatic rings. The molecule has 0 aromatic heterocycles. The van der Waals surface area contributed by atoms with Crippen LogP contribution in [-0.4, -0.2) is 29.8 Å². The van der Waals surface area contributed by atoms with Crippen LogP contribution in [0.4, 0.5) is 4.39 Å². The first-order valence-corrected chi connectivity index (χ1v) is 8.94. The molecule has 0 aliphatic carbocycles. The lowest BCUT2D eigenvalue weighted by Gasteiger charge is -2.16. The third-order valence-electron chi connectivity index (χ3n) is 4.58. The van der Waals surface area contributed by atoms with Gasteiger partial charge in [0, 0.05) is 31.1 Å². The molecule has 2 aromatic carbocycles. The molecule has 2 aromatic rings. The first-order valence-electron chi connectivity index (χ1n) is 8.56. The van der Waals surface area contributed by atoms with Crippen LogP contribution in [0.2, 0.25) is 5.02 Å². The van der Waals surface area contributed by atoms with Crippen molar-refractivity contribution < 1.29 is 14.0 Å². The van der Waals surface area contributed by atoms with Gasteiger partial charge in [0.1, 0.15) is 5.82 Å². The number of likely N-dealkylation sites (tertiary alicyclic amines) is 1. The highest BCUT2D eigenvalue weighted by atomic mass is 35.5. The molecule has 1 aliphatic heterocycles. The van der Waals surface area contributed by atoms with Crippen molar-refractivity contribution in [2.24, 2.45) is 5.92 Å². The van der Waals surface area contributed by atoms with Crippen molar-refractivity contribution in [2.45, 2.75) is 19.4 Å². The fourth-order valence-corrected chi connectivity index (χ4v) is 3.25. The summed E-state index contributed by atoms with van der Waals surface area (Å²) in [7, 11) is 0. The molecule has 0 spiro atoms. The lowest BCUT2D eigenvalue weighted by molar-refractivity contribution is -0.129. The van der Waals surface area contributed by atoms with E-state index in [0.29, 0.717) is 31.1 Å². The van der Waals surface area contributed by atoms with Crippen LogP contribution >= 0.6 is 11.6 Å². The number of rotatable bonds is 6. The summed E-state index contributed by atoms with van der Waals surface area (Å²) >= 11 is 6.09. The van der Waals surface area contributed by atoms with Crippen LogP contribution in [0.3, 0.4) is 0 Å². The Morgan fingerprint density at radius 1 is 1.19 bits per heavy atom. The monoisotopic (exact) mass is 374 g/mol. The molecule has 1 atom stereocenters. The highest BCUT2D eigenvalue weighted by Gasteiger charge is 2.33. The topological polar surface area (TPSA) is 49.4 Å². The molecule has 0 radical (unpaired) electrons. The number of nitrogens with one attached hydrogen (secondary N) is 1. The molecule has 3 rings (SSSR count). The van der Waals surface area contributed by atoms with Gasteiger partial charge in [-0.2, -0.15) is 0 Å². The summed E-state index contributed by atoms with van der Waals surface area (Å²) in [6.45, 7) is 1.28. The van der Waals surface area contributed by atoms with E-state index in [9.17, 15) is 14.0 Å². The molecule has 6 heteroatoms. The zero-order valence-corrected chi connectivity index (χ0v) is 15.0. The highest BCUT2D eigenvalue weighted by Crippen LogP contribution is 2.20. The van der Waals surface area contributed by atoms with Crippen LogP contribution in [0.5, 0.6) is 0 Å². The minimum Gasteiger partial charge on any atom is -0.352 e. The summed E-state index contributed by atoms with van der Waals surface area (Å²) in [6, 6.07) is 13.6. The summed E-state index contributed by atoms with van der Waals surface area (Å²) in [5, 5.41) is 3.47. The second kappa shape index (κ2) is 8.32. The highest BCUT2D eigenvalue weighted by molar-refractivity contribution is 6.31. The normalized spacial score (nSPS) is 16.8. The van der Waals surface area contributed by atoms with Crippen molar-refractivity contribution in [1.82, 2.24) is 10.2 Å². The van der Waals surface area contributed by atoms with Crippen LogP contribution in [0.15, 0.2) is 48.5 Å². The van der Waals surface area contributed by atoms with Crippen molar-refractivity contribution in [2.75, 3.05) is 13.1 Å². The number of hydrogen-bond acceptors (Lipinski definition) is 2. The van der Waals surface area contributed by atoms with Crippen molar-refractivity contribution in [1.29, 1.82) is 0 Å². The van der Waals surface area contributed by atoms with E-state index in [1.807, 2.05) is 18.2 Å². The number of carbonyl (C=O) groups is 2. The van der Waals surface area contributed by atoms with Crippen molar-refractivity contribution in [3.8, 4) is 0 Å². The number of hydrogen-bond donors (Lipinski definition) is 1. The van der Waals surface area contributed by atoms with Crippen LogP contribution in [-0.2, 0) is 22.6 Å². The van der Waals surface area contributed by atoms with Crippen molar-refractivity contribution in [3.05, 3.63) is 70.5 Å². The van der Waals surface area contributed by atoms with Gasteiger partial charge in [0.05, 0.1) is 5.92 Å². The molecule has 0 saturated carbocycles. The Labute approximate surface area is 157 Å². The molecule has 2 amide bonds. The van der Waals surface area contributed by atoms with E-state index < -0.39 is 0 Å². The first kappa shape index (κ1) is 18.4.